The molecule has 0 saturated carbocycles. The Bertz CT molecular complexity index is 609. The van der Waals surface area contributed by atoms with Crippen LogP contribution in [0.25, 0.3) is 0 Å². The van der Waals surface area contributed by atoms with Crippen LogP contribution in [0.5, 0.6) is 5.75 Å². The molecule has 20 heavy (non-hydrogen) atoms. The van der Waals surface area contributed by atoms with Gasteiger partial charge in [0.2, 0.25) is 0 Å². The fraction of sp³-hybridized carbons (Fsp3) is 0.143. The summed E-state index contributed by atoms with van der Waals surface area (Å²) >= 11 is 3.01. The molecule has 2 aromatic rings. The van der Waals surface area contributed by atoms with Crippen molar-refractivity contribution >= 4 is 15.9 Å². The number of hydrogen-bond donors (Lipinski definition) is 1. The number of rotatable bonds is 4. The van der Waals surface area contributed by atoms with E-state index in [-0.39, 0.29) is 16.6 Å². The smallest absolute Gasteiger partial charge is 0.191 e. The fourth-order valence-corrected chi connectivity index (χ4v) is 2.05. The Morgan fingerprint density at radius 1 is 0.950 bits per heavy atom. The van der Waals surface area contributed by atoms with Gasteiger partial charge in [-0.1, -0.05) is 6.07 Å². The summed E-state index contributed by atoms with van der Waals surface area (Å²) in [6.07, 6.45) is 0. The predicted molar refractivity (Wildman–Crippen MR) is 70.7 cm³/mol. The van der Waals surface area contributed by atoms with Crippen LogP contribution in [0.3, 0.4) is 0 Å². The van der Waals surface area contributed by atoms with Crippen LogP contribution in [0, 0.1) is 17.5 Å². The molecule has 0 heterocycles. The second-order valence-corrected chi connectivity index (χ2v) is 4.94. The highest BCUT2D eigenvalue weighted by atomic mass is 79.9. The molecule has 2 rings (SSSR count). The monoisotopic (exact) mass is 346 g/mol. The lowest BCUT2D eigenvalue weighted by molar-refractivity contribution is 0.266. The Morgan fingerprint density at radius 3 is 2.15 bits per heavy atom. The second kappa shape index (κ2) is 6.28. The Morgan fingerprint density at radius 2 is 1.60 bits per heavy atom. The van der Waals surface area contributed by atoms with Gasteiger partial charge in [0.15, 0.2) is 17.4 Å². The normalized spacial score (nSPS) is 10.7. The maximum Gasteiger partial charge on any atom is 0.191 e. The van der Waals surface area contributed by atoms with Gasteiger partial charge in [0.05, 0.1) is 11.1 Å². The van der Waals surface area contributed by atoms with E-state index >= 15 is 0 Å². The maximum absolute atomic E-state index is 13.6. The van der Waals surface area contributed by atoms with E-state index in [4.69, 9.17) is 9.84 Å². The number of halogens is 4. The molecule has 0 radical (unpaired) electrons. The molecule has 2 aromatic carbocycles. The lowest BCUT2D eigenvalue weighted by Crippen LogP contribution is -2.01. The Kier molecular flexibility index (Phi) is 4.67. The van der Waals surface area contributed by atoms with Crippen LogP contribution in [0.2, 0.25) is 0 Å². The molecule has 0 bridgehead atoms. The van der Waals surface area contributed by atoms with Gasteiger partial charge in [0.1, 0.15) is 12.4 Å². The quantitative estimate of drug-likeness (QED) is 0.908. The predicted octanol–water partition coefficient (Wildman–Crippen LogP) is 3.94. The molecule has 106 valence electrons. The molecule has 2 nitrogen and oxygen atoms in total. The van der Waals surface area contributed by atoms with Crippen LogP contribution >= 0.6 is 15.9 Å². The Hall–Kier alpha value is -1.53. The zero-order valence-corrected chi connectivity index (χ0v) is 11.8. The van der Waals surface area contributed by atoms with E-state index in [1.165, 1.54) is 18.2 Å². The van der Waals surface area contributed by atoms with E-state index in [0.29, 0.717) is 5.56 Å². The van der Waals surface area contributed by atoms with Crippen molar-refractivity contribution in [2.45, 2.75) is 13.2 Å². The van der Waals surface area contributed by atoms with Crippen molar-refractivity contribution in [3.05, 3.63) is 63.4 Å². The van der Waals surface area contributed by atoms with Crippen LogP contribution in [0.4, 0.5) is 13.2 Å². The molecule has 0 spiro atoms. The molecule has 0 aliphatic rings. The van der Waals surface area contributed by atoms with Crippen LogP contribution in [-0.4, -0.2) is 5.11 Å². The molecule has 0 saturated heterocycles. The zero-order valence-electron chi connectivity index (χ0n) is 10.2. The van der Waals surface area contributed by atoms with Gasteiger partial charge in [-0.25, -0.2) is 13.2 Å². The summed E-state index contributed by atoms with van der Waals surface area (Å²) in [5, 5.41) is 8.83. The molecule has 0 amide bonds. The standard InChI is InChI=1S/C14H10BrF3O2/c15-10-3-8(1-2-11(10)16)7-20-14-12(17)4-9(6-19)5-13(14)18/h1-5,19H,6-7H2. The molecule has 0 aliphatic carbocycles. The van der Waals surface area contributed by atoms with E-state index in [1.807, 2.05) is 0 Å². The summed E-state index contributed by atoms with van der Waals surface area (Å²) in [7, 11) is 0. The van der Waals surface area contributed by atoms with Crippen LogP contribution in [0.15, 0.2) is 34.8 Å². The lowest BCUT2D eigenvalue weighted by Gasteiger charge is -2.10. The minimum atomic E-state index is -0.893. The second-order valence-electron chi connectivity index (χ2n) is 4.08. The first-order chi connectivity index (χ1) is 9.51. The molecule has 6 heteroatoms. The van der Waals surface area contributed by atoms with Gasteiger partial charge >= 0.3 is 0 Å². The van der Waals surface area contributed by atoms with Gasteiger partial charge in [-0.05, 0) is 51.3 Å². The third-order valence-electron chi connectivity index (χ3n) is 2.61. The first-order valence-electron chi connectivity index (χ1n) is 5.66. The largest absolute Gasteiger partial charge is 0.483 e. The van der Waals surface area contributed by atoms with Crippen LogP contribution < -0.4 is 4.74 Å². The van der Waals surface area contributed by atoms with Crippen LogP contribution in [0.1, 0.15) is 11.1 Å². The number of hydrogen-bond acceptors (Lipinski definition) is 2. The Labute approximate surface area is 121 Å². The van der Waals surface area contributed by atoms with Gasteiger partial charge in [-0.3, -0.25) is 0 Å². The number of ether oxygens (including phenoxy) is 1. The zero-order chi connectivity index (χ0) is 14.7. The minimum absolute atomic E-state index is 0.106. The number of aliphatic hydroxyl groups is 1. The molecule has 1 N–H and O–H groups in total. The summed E-state index contributed by atoms with van der Waals surface area (Å²) < 4.78 is 45.6. The minimum Gasteiger partial charge on any atom is -0.483 e. The highest BCUT2D eigenvalue weighted by Gasteiger charge is 2.13. The highest BCUT2D eigenvalue weighted by Crippen LogP contribution is 2.25. The average molecular weight is 347 g/mol. The van der Waals surface area contributed by atoms with Crippen molar-refractivity contribution in [1.29, 1.82) is 0 Å². The first-order valence-corrected chi connectivity index (χ1v) is 6.46. The van der Waals surface area contributed by atoms with Gasteiger partial charge < -0.3 is 9.84 Å². The van der Waals surface area contributed by atoms with Crippen molar-refractivity contribution in [3.8, 4) is 5.75 Å². The van der Waals surface area contributed by atoms with Crippen molar-refractivity contribution in [1.82, 2.24) is 0 Å². The van der Waals surface area contributed by atoms with Crippen molar-refractivity contribution < 1.29 is 23.0 Å². The molecule has 0 aliphatic heterocycles. The van der Waals surface area contributed by atoms with Crippen LogP contribution in [-0.2, 0) is 13.2 Å². The molecule has 0 atom stereocenters. The first kappa shape index (κ1) is 14.9. The van der Waals surface area contributed by atoms with Gasteiger partial charge in [-0.2, -0.15) is 0 Å². The third-order valence-corrected chi connectivity index (χ3v) is 3.22. The van der Waals surface area contributed by atoms with E-state index in [2.05, 4.69) is 15.9 Å². The SMILES string of the molecule is OCc1cc(F)c(OCc2ccc(F)c(Br)c2)c(F)c1. The summed E-state index contributed by atoms with van der Waals surface area (Å²) in [4.78, 5) is 0. The molecule has 0 unspecified atom stereocenters. The van der Waals surface area contributed by atoms with Crippen molar-refractivity contribution in [2.24, 2.45) is 0 Å². The molecule has 0 fully saturated rings. The summed E-state index contributed by atoms with van der Waals surface area (Å²) in [6, 6.07) is 6.15. The number of benzene rings is 2. The fourth-order valence-electron chi connectivity index (χ4n) is 1.63. The van der Waals surface area contributed by atoms with E-state index in [9.17, 15) is 13.2 Å². The van der Waals surface area contributed by atoms with Crippen molar-refractivity contribution in [2.75, 3.05) is 0 Å². The van der Waals surface area contributed by atoms with E-state index in [1.54, 1.807) is 0 Å². The lowest BCUT2D eigenvalue weighted by atomic mass is 10.2. The highest BCUT2D eigenvalue weighted by molar-refractivity contribution is 9.10. The summed E-state index contributed by atoms with van der Waals surface area (Å²) in [5.41, 5.74) is 0.681. The Balaban J connectivity index is 2.16. The molecule has 0 aromatic heterocycles. The average Bonchev–Trinajstić information content (AvgIpc) is 2.41. The topological polar surface area (TPSA) is 29.5 Å². The van der Waals surface area contributed by atoms with Gasteiger partial charge in [0, 0.05) is 0 Å². The molecular formula is C14H10BrF3O2. The summed E-state index contributed by atoms with van der Waals surface area (Å²) in [5.74, 6) is -2.74. The van der Waals surface area contributed by atoms with E-state index < -0.39 is 29.8 Å². The van der Waals surface area contributed by atoms with Gasteiger partial charge in [-0.15, -0.1) is 0 Å². The van der Waals surface area contributed by atoms with Crippen molar-refractivity contribution in [3.63, 3.8) is 0 Å². The van der Waals surface area contributed by atoms with Gasteiger partial charge in [0.25, 0.3) is 0 Å². The maximum atomic E-state index is 13.6. The molecular weight excluding hydrogens is 337 g/mol. The summed E-state index contributed by atoms with van der Waals surface area (Å²) in [6.45, 7) is -0.565. The number of aliphatic hydroxyl groups excluding tert-OH is 1. The van der Waals surface area contributed by atoms with E-state index in [0.717, 1.165) is 12.1 Å². The third kappa shape index (κ3) is 3.32.